The maximum absolute atomic E-state index is 9.60. The third-order valence-electron chi connectivity index (χ3n) is 2.31. The van der Waals surface area contributed by atoms with E-state index in [-0.39, 0.29) is 11.9 Å². The highest BCUT2D eigenvalue weighted by atomic mass is 16.5. The van der Waals surface area contributed by atoms with Gasteiger partial charge in [0, 0.05) is 18.7 Å². The molecule has 0 aliphatic carbocycles. The summed E-state index contributed by atoms with van der Waals surface area (Å²) in [6, 6.07) is 7.15. The topological polar surface area (TPSA) is 61.7 Å². The molecule has 0 aliphatic rings. The van der Waals surface area contributed by atoms with Gasteiger partial charge in [-0.15, -0.1) is 0 Å². The second-order valence-electron chi connectivity index (χ2n) is 4.30. The molecule has 0 amide bonds. The van der Waals surface area contributed by atoms with Crippen molar-refractivity contribution in [1.82, 2.24) is 5.32 Å². The van der Waals surface area contributed by atoms with Crippen molar-refractivity contribution in [3.05, 3.63) is 29.8 Å². The van der Waals surface area contributed by atoms with Gasteiger partial charge in [0.05, 0.1) is 18.8 Å². The molecule has 1 aromatic rings. The third-order valence-corrected chi connectivity index (χ3v) is 2.31. The van der Waals surface area contributed by atoms with Crippen molar-refractivity contribution in [2.45, 2.75) is 32.6 Å². The molecule has 0 saturated carbocycles. The number of aliphatic hydroxyl groups excluding tert-OH is 1. The first kappa shape index (κ1) is 14.0. The maximum atomic E-state index is 9.60. The minimum absolute atomic E-state index is 0.128. The van der Waals surface area contributed by atoms with Gasteiger partial charge in [0.25, 0.3) is 0 Å². The van der Waals surface area contributed by atoms with Crippen LogP contribution in [0, 0.1) is 0 Å². The summed E-state index contributed by atoms with van der Waals surface area (Å²) in [6.07, 6.45) is -0.397. The van der Waals surface area contributed by atoms with E-state index >= 15 is 0 Å². The highest BCUT2D eigenvalue weighted by Gasteiger charge is 2.06. The van der Waals surface area contributed by atoms with Gasteiger partial charge in [-0.2, -0.15) is 0 Å². The summed E-state index contributed by atoms with van der Waals surface area (Å²) >= 11 is 0. The molecule has 0 fully saturated rings. The Labute approximate surface area is 102 Å². The van der Waals surface area contributed by atoms with Crippen molar-refractivity contribution in [1.29, 1.82) is 0 Å². The molecule has 0 radical (unpaired) electrons. The number of hydrogen-bond donors (Lipinski definition) is 3. The van der Waals surface area contributed by atoms with Gasteiger partial charge in [-0.1, -0.05) is 18.2 Å². The fraction of sp³-hybridized carbons (Fsp3) is 0.538. The van der Waals surface area contributed by atoms with Crippen LogP contribution in [-0.4, -0.2) is 35.6 Å². The average molecular weight is 239 g/mol. The third kappa shape index (κ3) is 5.68. The zero-order chi connectivity index (χ0) is 12.7. The van der Waals surface area contributed by atoms with Crippen LogP contribution < -0.4 is 5.32 Å². The first-order chi connectivity index (χ1) is 8.09. The number of benzene rings is 1. The lowest BCUT2D eigenvalue weighted by molar-refractivity contribution is 0.00629. The van der Waals surface area contributed by atoms with Crippen molar-refractivity contribution < 1.29 is 14.9 Å². The number of ether oxygens (including phenoxy) is 1. The number of nitrogens with one attached hydrogen (secondary N) is 1. The smallest absolute Gasteiger partial charge is 0.120 e. The van der Waals surface area contributed by atoms with E-state index in [0.717, 1.165) is 5.56 Å². The lowest BCUT2D eigenvalue weighted by Gasteiger charge is -2.14. The first-order valence-electron chi connectivity index (χ1n) is 5.87. The van der Waals surface area contributed by atoms with E-state index in [1.54, 1.807) is 12.1 Å². The van der Waals surface area contributed by atoms with Crippen molar-refractivity contribution in [3.8, 4) is 5.75 Å². The van der Waals surface area contributed by atoms with Crippen LogP contribution in [0.4, 0.5) is 0 Å². The Kier molecular flexibility index (Phi) is 5.97. The van der Waals surface area contributed by atoms with Gasteiger partial charge in [-0.25, -0.2) is 0 Å². The Morgan fingerprint density at radius 2 is 2.00 bits per heavy atom. The molecular formula is C13H21NO3. The molecule has 1 unspecified atom stereocenters. The Hall–Kier alpha value is -1.10. The Balaban J connectivity index is 2.21. The van der Waals surface area contributed by atoms with Gasteiger partial charge in [0.2, 0.25) is 0 Å². The zero-order valence-corrected chi connectivity index (χ0v) is 10.4. The standard InChI is InChI=1S/C13H21NO3/c1-10(2)17-9-12(15)8-14-7-11-5-3-4-6-13(11)16/h3-6,10,12,14-16H,7-9H2,1-2H3. The molecule has 0 bridgehead atoms. The van der Waals surface area contributed by atoms with Crippen LogP contribution in [0.25, 0.3) is 0 Å². The first-order valence-corrected chi connectivity index (χ1v) is 5.87. The second kappa shape index (κ2) is 7.27. The van der Waals surface area contributed by atoms with Crippen LogP contribution >= 0.6 is 0 Å². The molecule has 1 rings (SSSR count). The summed E-state index contributed by atoms with van der Waals surface area (Å²) in [5.74, 6) is 0.271. The maximum Gasteiger partial charge on any atom is 0.120 e. The molecule has 0 heterocycles. The van der Waals surface area contributed by atoms with E-state index in [4.69, 9.17) is 4.74 Å². The minimum Gasteiger partial charge on any atom is -0.508 e. The number of phenols is 1. The highest BCUT2D eigenvalue weighted by Crippen LogP contribution is 2.14. The summed E-state index contributed by atoms with van der Waals surface area (Å²) in [6.45, 7) is 5.17. The minimum atomic E-state index is -0.525. The van der Waals surface area contributed by atoms with Crippen molar-refractivity contribution in [2.24, 2.45) is 0 Å². The van der Waals surface area contributed by atoms with Crippen LogP contribution in [0.3, 0.4) is 0 Å². The predicted octanol–water partition coefficient (Wildman–Crippen LogP) is 1.27. The normalized spacial score (nSPS) is 12.9. The van der Waals surface area contributed by atoms with Crippen LogP contribution in [-0.2, 0) is 11.3 Å². The number of rotatable bonds is 7. The molecule has 4 nitrogen and oxygen atoms in total. The van der Waals surface area contributed by atoms with Crippen LogP contribution in [0.1, 0.15) is 19.4 Å². The van der Waals surface area contributed by atoms with Crippen LogP contribution in [0.2, 0.25) is 0 Å². The molecule has 0 aromatic heterocycles. The van der Waals surface area contributed by atoms with Crippen LogP contribution in [0.15, 0.2) is 24.3 Å². The number of aliphatic hydroxyl groups is 1. The molecule has 0 spiro atoms. The number of aromatic hydroxyl groups is 1. The van der Waals surface area contributed by atoms with Gasteiger partial charge in [0.1, 0.15) is 5.75 Å². The molecule has 4 heteroatoms. The summed E-state index contributed by atoms with van der Waals surface area (Å²) < 4.78 is 5.29. The number of para-hydroxylation sites is 1. The summed E-state index contributed by atoms with van der Waals surface area (Å²) in [5, 5.41) is 22.2. The average Bonchev–Trinajstić information content (AvgIpc) is 2.29. The van der Waals surface area contributed by atoms with Crippen molar-refractivity contribution >= 4 is 0 Å². The van der Waals surface area contributed by atoms with Gasteiger partial charge in [0.15, 0.2) is 0 Å². The molecule has 0 saturated heterocycles. The van der Waals surface area contributed by atoms with Crippen molar-refractivity contribution in [2.75, 3.05) is 13.2 Å². The fourth-order valence-corrected chi connectivity index (χ4v) is 1.40. The Bertz CT molecular complexity index is 328. The van der Waals surface area contributed by atoms with E-state index in [0.29, 0.717) is 19.7 Å². The van der Waals surface area contributed by atoms with Gasteiger partial charge >= 0.3 is 0 Å². The zero-order valence-electron chi connectivity index (χ0n) is 10.4. The molecule has 1 atom stereocenters. The van der Waals surface area contributed by atoms with Gasteiger partial charge in [-0.05, 0) is 19.9 Å². The lowest BCUT2D eigenvalue weighted by Crippen LogP contribution is -2.31. The van der Waals surface area contributed by atoms with Crippen molar-refractivity contribution in [3.63, 3.8) is 0 Å². The fourth-order valence-electron chi connectivity index (χ4n) is 1.40. The molecule has 96 valence electrons. The van der Waals surface area contributed by atoms with Crippen LogP contribution in [0.5, 0.6) is 5.75 Å². The Morgan fingerprint density at radius 3 is 2.65 bits per heavy atom. The summed E-state index contributed by atoms with van der Waals surface area (Å²) in [4.78, 5) is 0. The second-order valence-corrected chi connectivity index (χ2v) is 4.30. The Morgan fingerprint density at radius 1 is 1.29 bits per heavy atom. The largest absolute Gasteiger partial charge is 0.508 e. The summed E-state index contributed by atoms with van der Waals surface area (Å²) in [7, 11) is 0. The summed E-state index contributed by atoms with van der Waals surface area (Å²) in [5.41, 5.74) is 0.824. The van der Waals surface area contributed by atoms with E-state index in [2.05, 4.69) is 5.32 Å². The molecule has 3 N–H and O–H groups in total. The molecule has 0 aliphatic heterocycles. The monoisotopic (exact) mass is 239 g/mol. The predicted molar refractivity (Wildman–Crippen MR) is 66.9 cm³/mol. The van der Waals surface area contributed by atoms with Gasteiger partial charge < -0.3 is 20.3 Å². The molecular weight excluding hydrogens is 218 g/mol. The van der Waals surface area contributed by atoms with E-state index in [9.17, 15) is 10.2 Å². The molecule has 17 heavy (non-hydrogen) atoms. The number of phenolic OH excluding ortho intramolecular Hbond substituents is 1. The van der Waals surface area contributed by atoms with Gasteiger partial charge in [-0.3, -0.25) is 0 Å². The number of hydrogen-bond acceptors (Lipinski definition) is 4. The highest BCUT2D eigenvalue weighted by molar-refractivity contribution is 5.31. The van der Waals surface area contributed by atoms with E-state index in [1.165, 1.54) is 0 Å². The molecule has 1 aromatic carbocycles. The SMILES string of the molecule is CC(C)OCC(O)CNCc1ccccc1O. The van der Waals surface area contributed by atoms with E-state index in [1.807, 2.05) is 26.0 Å². The quantitative estimate of drug-likeness (QED) is 0.670. The van der Waals surface area contributed by atoms with E-state index < -0.39 is 6.10 Å². The lowest BCUT2D eigenvalue weighted by atomic mass is 10.2.